The van der Waals surface area contributed by atoms with Gasteiger partial charge in [0.15, 0.2) is 0 Å². The van der Waals surface area contributed by atoms with Crippen LogP contribution >= 0.6 is 23.1 Å². The summed E-state index contributed by atoms with van der Waals surface area (Å²) in [5.41, 5.74) is 1.13. The smallest absolute Gasteiger partial charge is 0.236 e. The summed E-state index contributed by atoms with van der Waals surface area (Å²) in [5.74, 6) is 1.19. The molecule has 3 rings (SSSR count). The van der Waals surface area contributed by atoms with Crippen LogP contribution in [0.3, 0.4) is 0 Å². The highest BCUT2D eigenvalue weighted by atomic mass is 35.5. The Morgan fingerprint density at radius 1 is 1.19 bits per heavy atom. The van der Waals surface area contributed by atoms with E-state index in [9.17, 15) is 5.11 Å². The Kier molecular flexibility index (Phi) is 5.83. The van der Waals surface area contributed by atoms with Gasteiger partial charge in [0.25, 0.3) is 0 Å². The predicted octanol–water partition coefficient (Wildman–Crippen LogP) is 5.36. The number of anilines is 2. The third-order valence-electron chi connectivity index (χ3n) is 3.53. The molecule has 0 saturated heterocycles. The molecule has 2 aromatic carbocycles. The Labute approximate surface area is 166 Å². The van der Waals surface area contributed by atoms with Gasteiger partial charge in [-0.2, -0.15) is 4.37 Å². The minimum Gasteiger partial charge on any atom is -0.492 e. The lowest BCUT2D eigenvalue weighted by molar-refractivity contribution is 0.458. The third kappa shape index (κ3) is 4.69. The molecule has 0 fully saturated rings. The summed E-state index contributed by atoms with van der Waals surface area (Å²) in [6.07, 6.45) is 0. The highest BCUT2D eigenvalue weighted by Gasteiger charge is 2.18. The lowest BCUT2D eigenvalue weighted by Crippen LogP contribution is -2.30. The molecular formula is C19H19ClN4O2S. The SMILES string of the molecule is CC(C)NC(=N)c1c(O)nsc1Nc1ccc(Oc2ccccc2Cl)cc1. The van der Waals surface area contributed by atoms with E-state index in [0.29, 0.717) is 27.1 Å². The molecule has 0 unspecified atom stereocenters. The van der Waals surface area contributed by atoms with Crippen molar-refractivity contribution in [3.8, 4) is 17.4 Å². The highest BCUT2D eigenvalue weighted by Crippen LogP contribution is 2.33. The van der Waals surface area contributed by atoms with Crippen LogP contribution in [-0.2, 0) is 0 Å². The van der Waals surface area contributed by atoms with Crippen LogP contribution in [0, 0.1) is 5.41 Å². The Hall–Kier alpha value is -2.77. The van der Waals surface area contributed by atoms with Crippen molar-refractivity contribution in [3.05, 3.63) is 59.1 Å². The van der Waals surface area contributed by atoms with E-state index in [-0.39, 0.29) is 17.8 Å². The van der Waals surface area contributed by atoms with Crippen LogP contribution < -0.4 is 15.4 Å². The molecule has 0 spiro atoms. The van der Waals surface area contributed by atoms with E-state index in [1.165, 1.54) is 0 Å². The van der Waals surface area contributed by atoms with Crippen molar-refractivity contribution in [2.45, 2.75) is 19.9 Å². The summed E-state index contributed by atoms with van der Waals surface area (Å²) >= 11 is 7.20. The maximum Gasteiger partial charge on any atom is 0.236 e. The van der Waals surface area contributed by atoms with Gasteiger partial charge in [0.1, 0.15) is 27.9 Å². The Bertz CT molecular complexity index is 941. The number of benzene rings is 2. The molecule has 0 radical (unpaired) electrons. The van der Waals surface area contributed by atoms with Gasteiger partial charge in [-0.25, -0.2) is 0 Å². The zero-order valence-corrected chi connectivity index (χ0v) is 16.4. The van der Waals surface area contributed by atoms with Gasteiger partial charge in [0.2, 0.25) is 5.88 Å². The average Bonchev–Trinajstić information content (AvgIpc) is 2.98. The zero-order valence-electron chi connectivity index (χ0n) is 14.8. The fraction of sp³-hybridized carbons (Fsp3) is 0.158. The summed E-state index contributed by atoms with van der Waals surface area (Å²) in [5, 5.41) is 25.4. The quantitative estimate of drug-likeness (QED) is 0.329. The molecule has 4 N–H and O–H groups in total. The van der Waals surface area contributed by atoms with E-state index < -0.39 is 0 Å². The first kappa shape index (κ1) is 19.0. The van der Waals surface area contributed by atoms with Gasteiger partial charge in [-0.15, -0.1) is 0 Å². The molecule has 6 nitrogen and oxygen atoms in total. The van der Waals surface area contributed by atoms with Gasteiger partial charge < -0.3 is 20.5 Å². The van der Waals surface area contributed by atoms with Crippen LogP contribution in [0.5, 0.6) is 17.4 Å². The summed E-state index contributed by atoms with van der Waals surface area (Å²) in [4.78, 5) is 0. The molecule has 0 aliphatic heterocycles. The molecule has 0 aliphatic carbocycles. The molecular weight excluding hydrogens is 384 g/mol. The summed E-state index contributed by atoms with van der Waals surface area (Å²) in [7, 11) is 0. The van der Waals surface area contributed by atoms with E-state index >= 15 is 0 Å². The van der Waals surface area contributed by atoms with Crippen molar-refractivity contribution in [2.24, 2.45) is 0 Å². The second-order valence-corrected chi connectivity index (χ2v) is 7.25. The largest absolute Gasteiger partial charge is 0.492 e. The highest BCUT2D eigenvalue weighted by molar-refractivity contribution is 7.11. The summed E-state index contributed by atoms with van der Waals surface area (Å²) < 4.78 is 9.71. The lowest BCUT2D eigenvalue weighted by Gasteiger charge is -2.13. The van der Waals surface area contributed by atoms with Crippen molar-refractivity contribution in [1.29, 1.82) is 5.41 Å². The van der Waals surface area contributed by atoms with Crippen molar-refractivity contribution >= 4 is 39.7 Å². The summed E-state index contributed by atoms with van der Waals surface area (Å²) in [6, 6.07) is 14.6. The van der Waals surface area contributed by atoms with Crippen molar-refractivity contribution in [3.63, 3.8) is 0 Å². The Morgan fingerprint density at radius 2 is 1.89 bits per heavy atom. The maximum atomic E-state index is 9.97. The monoisotopic (exact) mass is 402 g/mol. The molecule has 1 heterocycles. The second-order valence-electron chi connectivity index (χ2n) is 6.07. The molecule has 0 amide bonds. The normalized spacial score (nSPS) is 10.7. The van der Waals surface area contributed by atoms with Crippen LogP contribution in [-0.4, -0.2) is 21.4 Å². The molecule has 1 aromatic heterocycles. The fourth-order valence-corrected chi connectivity index (χ4v) is 3.24. The van der Waals surface area contributed by atoms with E-state index in [1.54, 1.807) is 12.1 Å². The number of amidine groups is 1. The number of nitrogens with zero attached hydrogens (tertiary/aromatic N) is 1. The molecule has 0 saturated carbocycles. The topological polar surface area (TPSA) is 90.3 Å². The number of halogens is 1. The average molecular weight is 403 g/mol. The Balaban J connectivity index is 1.74. The van der Waals surface area contributed by atoms with Gasteiger partial charge in [0, 0.05) is 11.7 Å². The zero-order chi connectivity index (χ0) is 19.4. The van der Waals surface area contributed by atoms with Crippen LogP contribution in [0.2, 0.25) is 5.02 Å². The molecule has 0 aliphatic rings. The standard InChI is InChI=1S/C19H19ClN4O2S/c1-11(2)22-17(21)16-18(25)24-27-19(16)23-12-7-9-13(10-8-12)26-15-6-4-3-5-14(15)20/h3-11,23H,1-2H3,(H2,21,22)(H,24,25). The maximum absolute atomic E-state index is 9.97. The molecule has 27 heavy (non-hydrogen) atoms. The van der Waals surface area contributed by atoms with E-state index in [4.69, 9.17) is 21.7 Å². The van der Waals surface area contributed by atoms with Gasteiger partial charge >= 0.3 is 0 Å². The first-order chi connectivity index (χ1) is 12.9. The van der Waals surface area contributed by atoms with E-state index in [2.05, 4.69) is 15.0 Å². The molecule has 3 aromatic rings. The predicted molar refractivity (Wildman–Crippen MR) is 110 cm³/mol. The fourth-order valence-electron chi connectivity index (χ4n) is 2.35. The second kappa shape index (κ2) is 8.28. The van der Waals surface area contributed by atoms with Crippen molar-refractivity contribution in [1.82, 2.24) is 9.69 Å². The van der Waals surface area contributed by atoms with Crippen molar-refractivity contribution in [2.75, 3.05) is 5.32 Å². The molecule has 140 valence electrons. The van der Waals surface area contributed by atoms with Gasteiger partial charge in [-0.1, -0.05) is 23.7 Å². The summed E-state index contributed by atoms with van der Waals surface area (Å²) in [6.45, 7) is 3.85. The van der Waals surface area contributed by atoms with Crippen LogP contribution in [0.25, 0.3) is 0 Å². The number of hydrogen-bond donors (Lipinski definition) is 4. The van der Waals surface area contributed by atoms with Gasteiger partial charge in [-0.3, -0.25) is 5.41 Å². The number of ether oxygens (including phenoxy) is 1. The van der Waals surface area contributed by atoms with Crippen LogP contribution in [0.15, 0.2) is 48.5 Å². The molecule has 8 heteroatoms. The molecule has 0 bridgehead atoms. The Morgan fingerprint density at radius 3 is 2.56 bits per heavy atom. The first-order valence-corrected chi connectivity index (χ1v) is 9.42. The number of aromatic hydroxyl groups is 1. The van der Waals surface area contributed by atoms with Gasteiger partial charge in [-0.05, 0) is 61.8 Å². The number of para-hydroxylation sites is 1. The third-order valence-corrected chi connectivity index (χ3v) is 4.60. The van der Waals surface area contributed by atoms with Gasteiger partial charge in [0.05, 0.1) is 5.02 Å². The lowest BCUT2D eigenvalue weighted by atomic mass is 10.2. The number of nitrogens with one attached hydrogen (secondary N) is 3. The van der Waals surface area contributed by atoms with E-state index in [1.807, 2.05) is 50.2 Å². The van der Waals surface area contributed by atoms with Crippen molar-refractivity contribution < 1.29 is 9.84 Å². The van der Waals surface area contributed by atoms with Crippen LogP contribution in [0.1, 0.15) is 19.4 Å². The van der Waals surface area contributed by atoms with Crippen LogP contribution in [0.4, 0.5) is 10.7 Å². The molecule has 0 atom stereocenters. The minimum atomic E-state index is -0.167. The van der Waals surface area contributed by atoms with E-state index in [0.717, 1.165) is 17.2 Å². The number of rotatable bonds is 6. The first-order valence-electron chi connectivity index (χ1n) is 8.27. The minimum absolute atomic E-state index is 0.0749. The number of hydrogen-bond acceptors (Lipinski definition) is 6. The number of aromatic nitrogens is 1.